The lowest BCUT2D eigenvalue weighted by Gasteiger charge is -2.13. The molecule has 0 unspecified atom stereocenters. The van der Waals surface area contributed by atoms with E-state index in [0.717, 1.165) is 22.4 Å². The van der Waals surface area contributed by atoms with Crippen molar-refractivity contribution in [3.8, 4) is 0 Å². The van der Waals surface area contributed by atoms with Gasteiger partial charge in [0, 0.05) is 11.8 Å². The monoisotopic (exact) mass is 364 g/mol. The summed E-state index contributed by atoms with van der Waals surface area (Å²) in [4.78, 5) is 29.1. The summed E-state index contributed by atoms with van der Waals surface area (Å²) in [6, 6.07) is 10.3. The average Bonchev–Trinajstić information content (AvgIpc) is 3.02. The van der Waals surface area contributed by atoms with E-state index in [1.165, 1.54) is 6.07 Å². The van der Waals surface area contributed by atoms with Gasteiger partial charge in [-0.3, -0.25) is 9.59 Å². The molecule has 3 aromatic rings. The number of amides is 2. The molecule has 0 fully saturated rings. The van der Waals surface area contributed by atoms with Crippen molar-refractivity contribution in [2.75, 3.05) is 10.6 Å². The SMILES string of the molecule is Cc1cc(C)c(NC(=O)c2cccc(C(=O)Nc3cc(C)on3)n2)c(C)c1. The molecule has 0 radical (unpaired) electrons. The Balaban J connectivity index is 1.78. The van der Waals surface area contributed by atoms with E-state index >= 15 is 0 Å². The lowest BCUT2D eigenvalue weighted by Crippen LogP contribution is -2.19. The van der Waals surface area contributed by atoms with Gasteiger partial charge in [-0.1, -0.05) is 28.9 Å². The number of aromatic nitrogens is 2. The number of aryl methyl sites for hydroxylation is 4. The predicted molar refractivity (Wildman–Crippen MR) is 102 cm³/mol. The summed E-state index contributed by atoms with van der Waals surface area (Å²) in [5, 5.41) is 9.17. The summed E-state index contributed by atoms with van der Waals surface area (Å²) in [6.45, 7) is 7.60. The van der Waals surface area contributed by atoms with Gasteiger partial charge in [0.05, 0.1) is 0 Å². The fourth-order valence-electron chi connectivity index (χ4n) is 2.85. The third-order valence-corrected chi connectivity index (χ3v) is 4.00. The van der Waals surface area contributed by atoms with Crippen LogP contribution < -0.4 is 10.6 Å². The van der Waals surface area contributed by atoms with Crippen LogP contribution in [0.2, 0.25) is 0 Å². The lowest BCUT2D eigenvalue weighted by molar-refractivity contribution is 0.101. The molecule has 2 amide bonds. The third-order valence-electron chi connectivity index (χ3n) is 4.00. The quantitative estimate of drug-likeness (QED) is 0.734. The first-order valence-electron chi connectivity index (χ1n) is 8.44. The van der Waals surface area contributed by atoms with Gasteiger partial charge >= 0.3 is 0 Å². The van der Waals surface area contributed by atoms with Crippen LogP contribution in [0.3, 0.4) is 0 Å². The van der Waals surface area contributed by atoms with E-state index in [1.807, 2.05) is 32.9 Å². The Hall–Kier alpha value is -3.48. The zero-order chi connectivity index (χ0) is 19.6. The van der Waals surface area contributed by atoms with Gasteiger partial charge in [-0.05, 0) is 51.0 Å². The van der Waals surface area contributed by atoms with E-state index in [1.54, 1.807) is 25.1 Å². The molecule has 0 spiro atoms. The van der Waals surface area contributed by atoms with Crippen molar-refractivity contribution in [1.29, 1.82) is 0 Å². The van der Waals surface area contributed by atoms with Gasteiger partial charge < -0.3 is 15.2 Å². The second-order valence-electron chi connectivity index (χ2n) is 6.41. The van der Waals surface area contributed by atoms with Crippen molar-refractivity contribution in [2.24, 2.45) is 0 Å². The van der Waals surface area contributed by atoms with E-state index in [4.69, 9.17) is 4.52 Å². The number of carbonyl (C=O) groups is 2. The van der Waals surface area contributed by atoms with Crippen LogP contribution in [-0.4, -0.2) is 22.0 Å². The highest BCUT2D eigenvalue weighted by Crippen LogP contribution is 2.22. The molecule has 2 aromatic heterocycles. The Morgan fingerprint density at radius 1 is 0.889 bits per heavy atom. The Kier molecular flexibility index (Phi) is 5.03. The van der Waals surface area contributed by atoms with Crippen molar-refractivity contribution in [2.45, 2.75) is 27.7 Å². The highest BCUT2D eigenvalue weighted by molar-refractivity contribution is 6.06. The first-order chi connectivity index (χ1) is 12.8. The maximum atomic E-state index is 12.6. The summed E-state index contributed by atoms with van der Waals surface area (Å²) >= 11 is 0. The summed E-state index contributed by atoms with van der Waals surface area (Å²) in [5.41, 5.74) is 4.08. The number of hydrogen-bond acceptors (Lipinski definition) is 5. The van der Waals surface area contributed by atoms with Gasteiger partial charge in [0.15, 0.2) is 5.82 Å². The van der Waals surface area contributed by atoms with Crippen LogP contribution in [0.4, 0.5) is 11.5 Å². The fourth-order valence-corrected chi connectivity index (χ4v) is 2.85. The van der Waals surface area contributed by atoms with Crippen molar-refractivity contribution < 1.29 is 14.1 Å². The molecule has 0 saturated carbocycles. The van der Waals surface area contributed by atoms with Crippen molar-refractivity contribution >= 4 is 23.3 Å². The molecule has 0 aliphatic carbocycles. The fraction of sp³-hybridized carbons (Fsp3) is 0.200. The topological polar surface area (TPSA) is 97.1 Å². The molecule has 1 aromatic carbocycles. The third kappa shape index (κ3) is 4.20. The molecular weight excluding hydrogens is 344 g/mol. The van der Waals surface area contributed by atoms with Crippen LogP contribution in [0.5, 0.6) is 0 Å². The molecule has 138 valence electrons. The number of rotatable bonds is 4. The molecule has 0 atom stereocenters. The smallest absolute Gasteiger partial charge is 0.275 e. The van der Waals surface area contributed by atoms with Gasteiger partial charge in [0.25, 0.3) is 11.8 Å². The van der Waals surface area contributed by atoms with E-state index in [-0.39, 0.29) is 17.3 Å². The van der Waals surface area contributed by atoms with E-state index in [9.17, 15) is 9.59 Å². The Labute approximate surface area is 156 Å². The normalized spacial score (nSPS) is 10.5. The maximum absolute atomic E-state index is 12.6. The number of benzene rings is 1. The highest BCUT2D eigenvalue weighted by Gasteiger charge is 2.15. The minimum absolute atomic E-state index is 0.112. The molecule has 0 aliphatic rings. The molecule has 0 saturated heterocycles. The summed E-state index contributed by atoms with van der Waals surface area (Å²) in [5.74, 6) is 0.0212. The lowest BCUT2D eigenvalue weighted by atomic mass is 10.0. The predicted octanol–water partition coefficient (Wildman–Crippen LogP) is 3.81. The first kappa shape index (κ1) is 18.3. The zero-order valence-corrected chi connectivity index (χ0v) is 15.6. The minimum Gasteiger partial charge on any atom is -0.360 e. The van der Waals surface area contributed by atoms with Crippen LogP contribution in [0.1, 0.15) is 43.4 Å². The minimum atomic E-state index is -0.472. The number of hydrogen-bond donors (Lipinski definition) is 2. The maximum Gasteiger partial charge on any atom is 0.275 e. The highest BCUT2D eigenvalue weighted by atomic mass is 16.5. The Morgan fingerprint density at radius 2 is 1.48 bits per heavy atom. The van der Waals surface area contributed by atoms with Gasteiger partial charge in [0.1, 0.15) is 17.1 Å². The zero-order valence-electron chi connectivity index (χ0n) is 15.6. The molecule has 7 nitrogen and oxygen atoms in total. The molecular formula is C20H20N4O3. The summed E-state index contributed by atoms with van der Waals surface area (Å²) in [6.07, 6.45) is 0. The second kappa shape index (κ2) is 7.41. The number of carbonyl (C=O) groups excluding carboxylic acids is 2. The van der Waals surface area contributed by atoms with Crippen LogP contribution in [0, 0.1) is 27.7 Å². The van der Waals surface area contributed by atoms with Crippen LogP contribution >= 0.6 is 0 Å². The largest absolute Gasteiger partial charge is 0.360 e. The number of pyridine rings is 1. The summed E-state index contributed by atoms with van der Waals surface area (Å²) < 4.78 is 4.91. The second-order valence-corrected chi connectivity index (χ2v) is 6.41. The average molecular weight is 364 g/mol. The number of nitrogens with one attached hydrogen (secondary N) is 2. The van der Waals surface area contributed by atoms with E-state index < -0.39 is 5.91 Å². The van der Waals surface area contributed by atoms with Crippen molar-refractivity contribution in [1.82, 2.24) is 10.1 Å². The van der Waals surface area contributed by atoms with Gasteiger partial charge in [-0.25, -0.2) is 4.98 Å². The standard InChI is InChI=1S/C20H20N4O3/c1-11-8-12(2)18(13(3)9-11)23-20(26)16-7-5-6-15(21-16)19(25)22-17-10-14(4)27-24-17/h5-10H,1-4H3,(H,23,26)(H,22,24,25). The molecule has 0 aliphatic heterocycles. The van der Waals surface area contributed by atoms with Crippen LogP contribution in [0.15, 0.2) is 40.9 Å². The molecule has 0 bridgehead atoms. The van der Waals surface area contributed by atoms with Crippen molar-refractivity contribution in [3.63, 3.8) is 0 Å². The summed E-state index contributed by atoms with van der Waals surface area (Å²) in [7, 11) is 0. The molecule has 27 heavy (non-hydrogen) atoms. The molecule has 2 heterocycles. The van der Waals surface area contributed by atoms with Crippen molar-refractivity contribution in [3.05, 3.63) is 70.2 Å². The van der Waals surface area contributed by atoms with E-state index in [2.05, 4.69) is 20.8 Å². The van der Waals surface area contributed by atoms with Crippen LogP contribution in [-0.2, 0) is 0 Å². The number of anilines is 2. The van der Waals surface area contributed by atoms with Gasteiger partial charge in [-0.2, -0.15) is 0 Å². The Bertz CT molecular complexity index is 1000. The first-order valence-corrected chi connectivity index (χ1v) is 8.44. The van der Waals surface area contributed by atoms with Gasteiger partial charge in [0.2, 0.25) is 0 Å². The van der Waals surface area contributed by atoms with Crippen LogP contribution in [0.25, 0.3) is 0 Å². The molecule has 7 heteroatoms. The number of nitrogens with zero attached hydrogens (tertiary/aromatic N) is 2. The molecule has 2 N–H and O–H groups in total. The molecule has 3 rings (SSSR count). The van der Waals surface area contributed by atoms with E-state index in [0.29, 0.717) is 11.6 Å². The Morgan fingerprint density at radius 3 is 2.04 bits per heavy atom. The van der Waals surface area contributed by atoms with Gasteiger partial charge in [-0.15, -0.1) is 0 Å².